The van der Waals surface area contributed by atoms with E-state index in [1.807, 2.05) is 18.9 Å². The van der Waals surface area contributed by atoms with Gasteiger partial charge in [0.15, 0.2) is 5.96 Å². The van der Waals surface area contributed by atoms with Crippen LogP contribution < -0.4 is 5.32 Å². The van der Waals surface area contributed by atoms with Crippen LogP contribution >= 0.6 is 0 Å². The Kier molecular flexibility index (Phi) is 7.78. The van der Waals surface area contributed by atoms with E-state index in [-0.39, 0.29) is 6.04 Å². The zero-order valence-corrected chi connectivity index (χ0v) is 15.5. The maximum absolute atomic E-state index is 12.5. The zero-order valence-electron chi connectivity index (χ0n) is 15.5. The van der Waals surface area contributed by atoms with Crippen molar-refractivity contribution in [3.05, 3.63) is 0 Å². The van der Waals surface area contributed by atoms with E-state index in [4.69, 9.17) is 4.74 Å². The van der Waals surface area contributed by atoms with Gasteiger partial charge < -0.3 is 19.9 Å². The molecule has 2 heterocycles. The number of nitrogens with zero attached hydrogens (tertiary/aromatic N) is 4. The monoisotopic (exact) mass is 339 g/mol. The summed E-state index contributed by atoms with van der Waals surface area (Å²) in [6, 6.07) is -0.0121. The molecule has 2 aliphatic rings. The van der Waals surface area contributed by atoms with Crippen LogP contribution in [0.3, 0.4) is 0 Å². The molecule has 2 fully saturated rings. The van der Waals surface area contributed by atoms with Crippen LogP contribution in [0, 0.1) is 0 Å². The van der Waals surface area contributed by atoms with Crippen molar-refractivity contribution in [2.45, 2.75) is 32.2 Å². The van der Waals surface area contributed by atoms with Crippen LogP contribution in [0.5, 0.6) is 0 Å². The van der Waals surface area contributed by atoms with Gasteiger partial charge in [-0.3, -0.25) is 14.7 Å². The highest BCUT2D eigenvalue weighted by Gasteiger charge is 2.30. The van der Waals surface area contributed by atoms with Crippen molar-refractivity contribution in [2.75, 3.05) is 66.6 Å². The van der Waals surface area contributed by atoms with Gasteiger partial charge in [-0.25, -0.2) is 0 Å². The molecule has 0 radical (unpaired) electrons. The number of ether oxygens (including phenoxy) is 1. The number of piperazine rings is 1. The zero-order chi connectivity index (χ0) is 17.4. The van der Waals surface area contributed by atoms with Crippen molar-refractivity contribution in [1.82, 2.24) is 20.0 Å². The first-order chi connectivity index (χ1) is 11.7. The number of hydrogen-bond acceptors (Lipinski definition) is 4. The minimum Gasteiger partial charge on any atom is -0.385 e. The first-order valence-electron chi connectivity index (χ1n) is 9.14. The molecule has 2 rings (SSSR count). The van der Waals surface area contributed by atoms with Gasteiger partial charge in [-0.2, -0.15) is 0 Å². The number of amides is 1. The molecule has 0 aliphatic carbocycles. The summed E-state index contributed by atoms with van der Waals surface area (Å²) in [7, 11) is 3.54. The first kappa shape index (κ1) is 19.0. The third-order valence-corrected chi connectivity index (χ3v) is 4.96. The first-order valence-corrected chi connectivity index (χ1v) is 9.14. The minimum absolute atomic E-state index is 0.0121. The molecule has 0 saturated carbocycles. The summed E-state index contributed by atoms with van der Waals surface area (Å²) in [5, 5.41) is 3.39. The number of carbonyl (C=O) groups is 1. The molecule has 0 aromatic rings. The second-order valence-corrected chi connectivity index (χ2v) is 6.55. The fourth-order valence-corrected chi connectivity index (χ4v) is 3.43. The lowest BCUT2D eigenvalue weighted by atomic mass is 10.2. The van der Waals surface area contributed by atoms with Gasteiger partial charge in [0.05, 0.1) is 6.04 Å². The quantitative estimate of drug-likeness (QED) is 0.426. The molecule has 1 N–H and O–H groups in total. The Labute approximate surface area is 146 Å². The smallest absolute Gasteiger partial charge is 0.239 e. The maximum atomic E-state index is 12.5. The molecule has 2 aliphatic heterocycles. The summed E-state index contributed by atoms with van der Waals surface area (Å²) in [6.07, 6.45) is 3.27. The summed E-state index contributed by atoms with van der Waals surface area (Å²) in [5.74, 6) is 1.24. The van der Waals surface area contributed by atoms with Gasteiger partial charge in [0, 0.05) is 66.6 Å². The van der Waals surface area contributed by atoms with Crippen LogP contribution in [0.2, 0.25) is 0 Å². The van der Waals surface area contributed by atoms with Crippen LogP contribution in [-0.4, -0.2) is 99.2 Å². The summed E-state index contributed by atoms with van der Waals surface area (Å²) in [4.78, 5) is 23.5. The lowest BCUT2D eigenvalue weighted by molar-refractivity contribution is -0.135. The number of nitrogens with one attached hydrogen (secondary N) is 1. The molecule has 1 amide bonds. The number of methoxy groups -OCH3 is 1. The van der Waals surface area contributed by atoms with Crippen molar-refractivity contribution in [3.63, 3.8) is 0 Å². The van der Waals surface area contributed by atoms with Gasteiger partial charge in [-0.15, -0.1) is 0 Å². The largest absolute Gasteiger partial charge is 0.385 e. The standard InChI is InChI=1S/C17H33N5O2/c1-15(16(23)21-8-4-5-9-21)20-10-12-22(13-11-20)17(18-2)19-7-6-14-24-3/h15H,4-14H2,1-3H3,(H,18,19). The molecular formula is C17H33N5O2. The van der Waals surface area contributed by atoms with E-state index in [0.717, 1.165) is 77.6 Å². The number of rotatable bonds is 6. The summed E-state index contributed by atoms with van der Waals surface area (Å²) in [5.41, 5.74) is 0. The number of guanidine groups is 1. The van der Waals surface area contributed by atoms with Crippen LogP contribution in [0.4, 0.5) is 0 Å². The maximum Gasteiger partial charge on any atom is 0.239 e. The topological polar surface area (TPSA) is 60.4 Å². The minimum atomic E-state index is -0.0121. The second-order valence-electron chi connectivity index (χ2n) is 6.55. The van der Waals surface area contributed by atoms with Gasteiger partial charge in [0.2, 0.25) is 5.91 Å². The summed E-state index contributed by atoms with van der Waals surface area (Å²) in [6.45, 7) is 9.15. The Balaban J connectivity index is 1.76. The van der Waals surface area contributed by atoms with E-state index >= 15 is 0 Å². The molecule has 138 valence electrons. The van der Waals surface area contributed by atoms with E-state index in [9.17, 15) is 4.79 Å². The SMILES string of the molecule is CN=C(NCCCOC)N1CCN(C(C)C(=O)N2CCCC2)CC1. The highest BCUT2D eigenvalue weighted by atomic mass is 16.5. The van der Waals surface area contributed by atoms with E-state index < -0.39 is 0 Å². The van der Waals surface area contributed by atoms with Gasteiger partial charge in [0.1, 0.15) is 0 Å². The van der Waals surface area contributed by atoms with Crippen molar-refractivity contribution < 1.29 is 9.53 Å². The lowest BCUT2D eigenvalue weighted by Crippen LogP contribution is -2.57. The summed E-state index contributed by atoms with van der Waals surface area (Å²) < 4.78 is 5.07. The molecule has 2 saturated heterocycles. The van der Waals surface area contributed by atoms with Crippen LogP contribution in [0.1, 0.15) is 26.2 Å². The van der Waals surface area contributed by atoms with Gasteiger partial charge in [-0.1, -0.05) is 0 Å². The summed E-state index contributed by atoms with van der Waals surface area (Å²) >= 11 is 0. The van der Waals surface area contributed by atoms with Crippen molar-refractivity contribution in [2.24, 2.45) is 4.99 Å². The molecule has 1 unspecified atom stereocenters. The van der Waals surface area contributed by atoms with Crippen molar-refractivity contribution in [3.8, 4) is 0 Å². The molecule has 0 aromatic heterocycles. The average molecular weight is 339 g/mol. The molecular weight excluding hydrogens is 306 g/mol. The van der Waals surface area contributed by atoms with Crippen LogP contribution in [0.25, 0.3) is 0 Å². The van der Waals surface area contributed by atoms with Gasteiger partial charge >= 0.3 is 0 Å². The van der Waals surface area contributed by atoms with E-state index in [0.29, 0.717) is 5.91 Å². The Morgan fingerprint density at radius 3 is 2.38 bits per heavy atom. The van der Waals surface area contributed by atoms with Crippen LogP contribution in [0.15, 0.2) is 4.99 Å². The number of aliphatic imine (C=N–C) groups is 1. The van der Waals surface area contributed by atoms with Gasteiger partial charge in [-0.05, 0) is 26.2 Å². The van der Waals surface area contributed by atoms with Crippen molar-refractivity contribution >= 4 is 11.9 Å². The highest BCUT2D eigenvalue weighted by Crippen LogP contribution is 2.14. The number of hydrogen-bond donors (Lipinski definition) is 1. The second kappa shape index (κ2) is 9.84. The molecule has 1 atom stereocenters. The van der Waals surface area contributed by atoms with E-state index in [1.165, 1.54) is 0 Å². The fourth-order valence-electron chi connectivity index (χ4n) is 3.43. The Bertz CT molecular complexity index is 415. The molecule has 0 aromatic carbocycles. The number of carbonyl (C=O) groups excluding carboxylic acids is 1. The Morgan fingerprint density at radius 1 is 1.12 bits per heavy atom. The predicted molar refractivity (Wildman–Crippen MR) is 96.3 cm³/mol. The van der Waals surface area contributed by atoms with Crippen LogP contribution in [-0.2, 0) is 9.53 Å². The molecule has 7 heteroatoms. The molecule has 24 heavy (non-hydrogen) atoms. The molecule has 7 nitrogen and oxygen atoms in total. The Hall–Kier alpha value is -1.34. The lowest BCUT2D eigenvalue weighted by Gasteiger charge is -2.39. The average Bonchev–Trinajstić information content (AvgIpc) is 3.15. The van der Waals surface area contributed by atoms with E-state index in [1.54, 1.807) is 7.11 Å². The third-order valence-electron chi connectivity index (χ3n) is 4.96. The van der Waals surface area contributed by atoms with Crippen molar-refractivity contribution in [1.29, 1.82) is 0 Å². The predicted octanol–water partition coefficient (Wildman–Crippen LogP) is 0.227. The molecule has 0 bridgehead atoms. The fraction of sp³-hybridized carbons (Fsp3) is 0.882. The highest BCUT2D eigenvalue weighted by molar-refractivity contribution is 5.82. The van der Waals surface area contributed by atoms with E-state index in [2.05, 4.69) is 20.1 Å². The normalized spacial score (nSPS) is 21.2. The molecule has 0 spiro atoms. The third kappa shape index (κ3) is 5.08. The van der Waals surface area contributed by atoms with Gasteiger partial charge in [0.25, 0.3) is 0 Å². The number of likely N-dealkylation sites (tertiary alicyclic amines) is 1. The Morgan fingerprint density at radius 2 is 1.79 bits per heavy atom.